The Morgan fingerprint density at radius 1 is 1.48 bits per heavy atom. The van der Waals surface area contributed by atoms with Gasteiger partial charge in [-0.05, 0) is 45.7 Å². The second-order valence-electron chi connectivity index (χ2n) is 6.75. The first kappa shape index (κ1) is 19.4. The zero-order chi connectivity index (χ0) is 18.4. The summed E-state index contributed by atoms with van der Waals surface area (Å²) in [5.41, 5.74) is 1.16. The van der Waals surface area contributed by atoms with Crippen molar-refractivity contribution in [1.82, 2.24) is 15.2 Å². The highest BCUT2D eigenvalue weighted by molar-refractivity contribution is 5.93. The molecule has 0 aromatic carbocycles. The van der Waals surface area contributed by atoms with Gasteiger partial charge in [0.2, 0.25) is 5.91 Å². The van der Waals surface area contributed by atoms with Gasteiger partial charge in [-0.15, -0.1) is 6.58 Å². The van der Waals surface area contributed by atoms with Gasteiger partial charge in [0.15, 0.2) is 0 Å². The second-order valence-corrected chi connectivity index (χ2v) is 6.75. The molecule has 0 aromatic heterocycles. The maximum absolute atomic E-state index is 13.6. The summed E-state index contributed by atoms with van der Waals surface area (Å²) in [6, 6.07) is 0.209. The number of piperidine rings is 3. The Bertz CT molecular complexity index is 564. The van der Waals surface area contributed by atoms with Gasteiger partial charge in [-0.1, -0.05) is 12.2 Å². The lowest BCUT2D eigenvalue weighted by Gasteiger charge is -2.45. The fourth-order valence-corrected chi connectivity index (χ4v) is 3.49. The largest absolute Gasteiger partial charge is 0.348 e. The third-order valence-electron chi connectivity index (χ3n) is 5.09. The topological polar surface area (TPSA) is 47.9 Å². The summed E-state index contributed by atoms with van der Waals surface area (Å²) in [5.74, 6) is 0.463. The third-order valence-corrected chi connectivity index (χ3v) is 5.09. The molecule has 0 radical (unpaired) electrons. The zero-order valence-corrected chi connectivity index (χ0v) is 15.2. The molecule has 3 saturated heterocycles. The Morgan fingerprint density at radius 3 is 2.64 bits per heavy atom. The summed E-state index contributed by atoms with van der Waals surface area (Å²) in [6.45, 7) is 13.7. The van der Waals surface area contributed by atoms with E-state index < -0.39 is 6.17 Å². The van der Waals surface area contributed by atoms with Crippen LogP contribution in [0.15, 0.2) is 41.3 Å². The van der Waals surface area contributed by atoms with Gasteiger partial charge in [0.05, 0.1) is 0 Å². The van der Waals surface area contributed by atoms with E-state index in [1.54, 1.807) is 26.1 Å². The minimum atomic E-state index is -1.16. The van der Waals surface area contributed by atoms with Gasteiger partial charge < -0.3 is 10.2 Å². The highest BCUT2D eigenvalue weighted by Crippen LogP contribution is 2.27. The van der Waals surface area contributed by atoms with Crippen LogP contribution in [0.1, 0.15) is 33.1 Å². The highest BCUT2D eigenvalue weighted by Gasteiger charge is 2.34. The van der Waals surface area contributed by atoms with Crippen molar-refractivity contribution in [3.63, 3.8) is 0 Å². The number of nitrogens with one attached hydrogen (secondary N) is 1. The fraction of sp³-hybridized carbons (Fsp3) is 0.579. The molecule has 0 spiro atoms. The Hall–Kier alpha value is -1.95. The van der Waals surface area contributed by atoms with Crippen LogP contribution in [0.4, 0.5) is 4.39 Å². The maximum Gasteiger partial charge on any atom is 0.248 e. The van der Waals surface area contributed by atoms with E-state index in [1.165, 1.54) is 11.1 Å². The molecule has 1 N–H and O–H groups in total. The lowest BCUT2D eigenvalue weighted by Crippen LogP contribution is -2.57. The van der Waals surface area contributed by atoms with Gasteiger partial charge in [-0.3, -0.25) is 4.79 Å². The average molecular weight is 348 g/mol. The number of carbonyl (C=O) groups is 1. The number of rotatable bonds is 8. The standard InChI is InChI=1S/C19H29FN4O/c1-5-16(20)11-17(6-2)24(21-4)12-14(3)19(25)22-18-13-23-9-7-15(18)8-10-23/h5-6,12,15-16,18H,1,4,7-11,13H2,2-3H3,(H,22,25)/b14-12+,17-6+/t16-,18?/m0/s1. The van der Waals surface area contributed by atoms with E-state index in [0.717, 1.165) is 32.5 Å². The van der Waals surface area contributed by atoms with Crippen LogP contribution in [0.5, 0.6) is 0 Å². The van der Waals surface area contributed by atoms with Crippen molar-refractivity contribution < 1.29 is 9.18 Å². The Labute approximate surface area is 149 Å². The highest BCUT2D eigenvalue weighted by atomic mass is 19.1. The molecule has 5 nitrogen and oxygen atoms in total. The van der Waals surface area contributed by atoms with Crippen LogP contribution in [0.25, 0.3) is 0 Å². The minimum absolute atomic E-state index is 0.108. The molecule has 3 rings (SSSR count). The van der Waals surface area contributed by atoms with E-state index in [4.69, 9.17) is 0 Å². The van der Waals surface area contributed by atoms with Crippen LogP contribution in [0.3, 0.4) is 0 Å². The first-order valence-corrected chi connectivity index (χ1v) is 8.87. The van der Waals surface area contributed by atoms with Crippen LogP contribution in [0.2, 0.25) is 0 Å². The number of allylic oxidation sites excluding steroid dienone is 3. The van der Waals surface area contributed by atoms with Crippen molar-refractivity contribution in [1.29, 1.82) is 0 Å². The number of carbonyl (C=O) groups excluding carboxylic acids is 1. The quantitative estimate of drug-likeness (QED) is 0.318. The van der Waals surface area contributed by atoms with E-state index in [1.807, 2.05) is 0 Å². The predicted molar refractivity (Wildman–Crippen MR) is 99.7 cm³/mol. The first-order chi connectivity index (χ1) is 12.0. The Balaban J connectivity index is 2.00. The summed E-state index contributed by atoms with van der Waals surface area (Å²) in [7, 11) is 0. The molecule has 6 heteroatoms. The van der Waals surface area contributed by atoms with Crippen molar-refractivity contribution in [3.05, 3.63) is 36.2 Å². The smallest absolute Gasteiger partial charge is 0.248 e. The molecule has 0 saturated carbocycles. The molecule has 3 aliphatic rings. The first-order valence-electron chi connectivity index (χ1n) is 8.87. The number of hydrogen-bond acceptors (Lipinski definition) is 4. The lowest BCUT2D eigenvalue weighted by molar-refractivity contribution is -0.119. The van der Waals surface area contributed by atoms with Gasteiger partial charge in [-0.25, -0.2) is 9.40 Å². The molecule has 3 heterocycles. The van der Waals surface area contributed by atoms with E-state index in [2.05, 4.69) is 28.6 Å². The predicted octanol–water partition coefficient (Wildman–Crippen LogP) is 2.84. The number of hydrogen-bond donors (Lipinski definition) is 1. The molecular weight excluding hydrogens is 319 g/mol. The molecule has 138 valence electrons. The molecule has 3 aliphatic heterocycles. The normalized spacial score (nSPS) is 27.6. The summed E-state index contributed by atoms with van der Waals surface area (Å²) in [6.07, 6.45) is 5.90. The minimum Gasteiger partial charge on any atom is -0.348 e. The van der Waals surface area contributed by atoms with E-state index >= 15 is 0 Å². The summed E-state index contributed by atoms with van der Waals surface area (Å²) in [5, 5.41) is 8.50. The number of amides is 1. The van der Waals surface area contributed by atoms with Crippen LogP contribution in [0, 0.1) is 5.92 Å². The van der Waals surface area contributed by atoms with Gasteiger partial charge in [-0.2, -0.15) is 5.10 Å². The number of halogens is 1. The zero-order valence-electron chi connectivity index (χ0n) is 15.2. The molecule has 0 aromatic rings. The fourth-order valence-electron chi connectivity index (χ4n) is 3.49. The van der Waals surface area contributed by atoms with Crippen molar-refractivity contribution in [2.75, 3.05) is 19.6 Å². The van der Waals surface area contributed by atoms with Crippen LogP contribution >= 0.6 is 0 Å². The van der Waals surface area contributed by atoms with Crippen molar-refractivity contribution >= 4 is 12.6 Å². The van der Waals surface area contributed by atoms with E-state index in [-0.39, 0.29) is 18.4 Å². The van der Waals surface area contributed by atoms with Gasteiger partial charge in [0.25, 0.3) is 0 Å². The average Bonchev–Trinajstić information content (AvgIpc) is 2.64. The summed E-state index contributed by atoms with van der Waals surface area (Å²) >= 11 is 0. The second kappa shape index (κ2) is 8.94. The third kappa shape index (κ3) is 5.01. The lowest BCUT2D eigenvalue weighted by atomic mass is 9.84. The number of fused-ring (bicyclic) bond motifs is 3. The number of alkyl halides is 1. The Kier molecular flexibility index (Phi) is 6.93. The summed E-state index contributed by atoms with van der Waals surface area (Å²) < 4.78 is 13.6. The van der Waals surface area contributed by atoms with Gasteiger partial charge in [0, 0.05) is 43.2 Å². The SMILES string of the molecule is C=C[C@H](F)C/C(=C\C)N(/C=C(\C)C(=O)NC1CN2CCC1CC2)N=C. The van der Waals surface area contributed by atoms with E-state index in [0.29, 0.717) is 17.2 Å². The van der Waals surface area contributed by atoms with Gasteiger partial charge in [0.1, 0.15) is 6.17 Å². The van der Waals surface area contributed by atoms with Crippen LogP contribution in [-0.2, 0) is 4.79 Å². The number of nitrogens with zero attached hydrogens (tertiary/aromatic N) is 3. The molecule has 25 heavy (non-hydrogen) atoms. The molecule has 3 fully saturated rings. The van der Waals surface area contributed by atoms with Crippen molar-refractivity contribution in [2.24, 2.45) is 11.0 Å². The number of hydrazone groups is 1. The maximum atomic E-state index is 13.6. The van der Waals surface area contributed by atoms with Crippen LogP contribution < -0.4 is 5.32 Å². The van der Waals surface area contributed by atoms with Crippen molar-refractivity contribution in [2.45, 2.75) is 45.3 Å². The molecule has 2 atom stereocenters. The molecule has 2 bridgehead atoms. The molecule has 1 amide bonds. The van der Waals surface area contributed by atoms with Crippen LogP contribution in [-0.4, -0.2) is 54.4 Å². The van der Waals surface area contributed by atoms with E-state index in [9.17, 15) is 9.18 Å². The van der Waals surface area contributed by atoms with Gasteiger partial charge >= 0.3 is 0 Å². The molecule has 0 aliphatic carbocycles. The molecule has 1 unspecified atom stereocenters. The summed E-state index contributed by atoms with van der Waals surface area (Å²) in [4.78, 5) is 14.9. The Morgan fingerprint density at radius 2 is 2.16 bits per heavy atom. The molecular formula is C19H29FN4O. The monoisotopic (exact) mass is 348 g/mol. The van der Waals surface area contributed by atoms with Crippen molar-refractivity contribution in [3.8, 4) is 0 Å².